The number of aromatic nitrogens is 3. The molecule has 7 nitrogen and oxygen atoms in total. The van der Waals surface area contributed by atoms with Gasteiger partial charge in [-0.25, -0.2) is 4.98 Å². The smallest absolute Gasteiger partial charge is 0.128 e. The summed E-state index contributed by atoms with van der Waals surface area (Å²) >= 11 is 1.77. The number of nitrogens with zero attached hydrogens (tertiary/aromatic N) is 6. The number of piperazine rings is 1. The van der Waals surface area contributed by atoms with Crippen LogP contribution < -0.4 is 10.6 Å². The zero-order valence-electron chi connectivity index (χ0n) is 22.3. The Balaban J connectivity index is 1.30. The zero-order valence-corrected chi connectivity index (χ0v) is 23.2. The highest BCUT2D eigenvalue weighted by atomic mass is 32.2. The number of allylic oxidation sites excluding steroid dienone is 1. The highest BCUT2D eigenvalue weighted by Gasteiger charge is 2.44. The van der Waals surface area contributed by atoms with E-state index in [1.165, 1.54) is 18.2 Å². The molecular formula is C30H35N7S. The molecule has 38 heavy (non-hydrogen) atoms. The van der Waals surface area contributed by atoms with Gasteiger partial charge in [-0.1, -0.05) is 26.8 Å². The van der Waals surface area contributed by atoms with E-state index in [4.69, 9.17) is 10.7 Å². The molecule has 2 unspecified atom stereocenters. The predicted octanol–water partition coefficient (Wildman–Crippen LogP) is 5.14. The van der Waals surface area contributed by atoms with Crippen LogP contribution in [0.2, 0.25) is 0 Å². The van der Waals surface area contributed by atoms with Crippen LogP contribution in [0.4, 0.5) is 5.82 Å². The minimum atomic E-state index is 0.361. The van der Waals surface area contributed by atoms with Crippen molar-refractivity contribution in [1.82, 2.24) is 19.9 Å². The molecule has 3 fully saturated rings. The lowest BCUT2D eigenvalue weighted by molar-refractivity contribution is -0.00875. The Morgan fingerprint density at radius 2 is 1.95 bits per heavy atom. The van der Waals surface area contributed by atoms with Gasteiger partial charge < -0.3 is 10.6 Å². The van der Waals surface area contributed by atoms with Gasteiger partial charge in [-0.15, -0.1) is 11.8 Å². The number of hydrogen-bond donors (Lipinski definition) is 1. The third kappa shape index (κ3) is 5.54. The van der Waals surface area contributed by atoms with Gasteiger partial charge in [0.05, 0.1) is 11.3 Å². The van der Waals surface area contributed by atoms with E-state index < -0.39 is 0 Å². The van der Waals surface area contributed by atoms with Crippen molar-refractivity contribution in [2.75, 3.05) is 23.7 Å². The third-order valence-corrected chi connectivity index (χ3v) is 8.72. The van der Waals surface area contributed by atoms with Gasteiger partial charge in [-0.05, 0) is 48.6 Å². The van der Waals surface area contributed by atoms with Crippen LogP contribution in [0.25, 0.3) is 16.7 Å². The summed E-state index contributed by atoms with van der Waals surface area (Å²) in [6.07, 6.45) is 9.30. The van der Waals surface area contributed by atoms with Crippen LogP contribution in [-0.2, 0) is 13.0 Å². The highest BCUT2D eigenvalue weighted by molar-refractivity contribution is 7.99. The summed E-state index contributed by atoms with van der Waals surface area (Å²) in [6.45, 7) is 9.46. The number of nitriles is 1. The molecule has 6 rings (SSSR count). The van der Waals surface area contributed by atoms with Crippen molar-refractivity contribution in [3.8, 4) is 17.2 Å². The second-order valence-electron chi connectivity index (χ2n) is 10.5. The number of thioether (sulfide) groups is 1. The number of aryl methyl sites for hydroxylation is 1. The second kappa shape index (κ2) is 11.5. The first-order valence-corrected chi connectivity index (χ1v) is 14.3. The molecule has 0 radical (unpaired) electrons. The minimum absolute atomic E-state index is 0.361. The Morgan fingerprint density at radius 1 is 1.13 bits per heavy atom. The van der Waals surface area contributed by atoms with Gasteiger partial charge >= 0.3 is 0 Å². The average Bonchev–Trinajstić information content (AvgIpc) is 2.96. The van der Waals surface area contributed by atoms with Gasteiger partial charge in [0.15, 0.2) is 0 Å². The molecule has 0 aliphatic carbocycles. The SMILES string of the molecule is CCc1ccc(CN2C3CC2CN(c2ccc(-c4cc(SCC(C)C)cnc4C(C#N)=CN)cn2)C3)cn1. The molecule has 2 N–H and O–H groups in total. The van der Waals surface area contributed by atoms with Crippen LogP contribution >= 0.6 is 11.8 Å². The summed E-state index contributed by atoms with van der Waals surface area (Å²) < 4.78 is 0. The molecule has 3 aliphatic rings. The molecule has 0 spiro atoms. The Hall–Kier alpha value is -3.41. The fourth-order valence-corrected chi connectivity index (χ4v) is 6.08. The summed E-state index contributed by atoms with van der Waals surface area (Å²) in [7, 11) is 0. The molecule has 2 bridgehead atoms. The highest BCUT2D eigenvalue weighted by Crippen LogP contribution is 2.36. The predicted molar refractivity (Wildman–Crippen MR) is 154 cm³/mol. The molecule has 3 aromatic rings. The van der Waals surface area contributed by atoms with E-state index in [9.17, 15) is 5.26 Å². The standard InChI is InChI=1S/C30H35N7S/c1-4-24-7-5-21(13-33-24)16-37-25-9-26(37)18-36(17-25)29-8-6-22(14-34-29)28-10-27(38-19-20(2)3)15-35-30(28)23(11-31)12-32/h5-8,10-11,13-15,20,25-26H,4,9,16-19,31H2,1-3H3. The summed E-state index contributed by atoms with van der Waals surface area (Å²) in [6, 6.07) is 13.9. The van der Waals surface area contributed by atoms with Crippen LogP contribution in [0, 0.1) is 17.2 Å². The maximum Gasteiger partial charge on any atom is 0.128 e. The van der Waals surface area contributed by atoms with Crippen LogP contribution in [0.15, 0.2) is 60.0 Å². The molecular weight excluding hydrogens is 490 g/mol. The van der Waals surface area contributed by atoms with Gasteiger partial charge in [-0.3, -0.25) is 14.9 Å². The first kappa shape index (κ1) is 26.2. The first-order valence-electron chi connectivity index (χ1n) is 13.3. The lowest BCUT2D eigenvalue weighted by Gasteiger charge is -2.56. The van der Waals surface area contributed by atoms with Gasteiger partial charge in [-0.2, -0.15) is 5.26 Å². The monoisotopic (exact) mass is 525 g/mol. The maximum atomic E-state index is 9.60. The third-order valence-electron chi connectivity index (χ3n) is 7.33. The molecule has 0 amide bonds. The largest absolute Gasteiger partial charge is 0.403 e. The van der Waals surface area contributed by atoms with E-state index in [2.05, 4.69) is 76.9 Å². The van der Waals surface area contributed by atoms with E-state index in [1.807, 2.05) is 18.6 Å². The quantitative estimate of drug-likeness (QED) is 0.303. The fourth-order valence-electron chi connectivity index (χ4n) is 5.22. The molecule has 6 heterocycles. The van der Waals surface area contributed by atoms with Crippen molar-refractivity contribution >= 4 is 23.2 Å². The topological polar surface area (TPSA) is 95.0 Å². The first-order chi connectivity index (χ1) is 18.5. The molecule has 8 heteroatoms. The molecule has 3 aromatic heterocycles. The summed E-state index contributed by atoms with van der Waals surface area (Å²) in [4.78, 5) is 20.1. The summed E-state index contributed by atoms with van der Waals surface area (Å²) in [5.41, 5.74) is 11.0. The van der Waals surface area contributed by atoms with Crippen molar-refractivity contribution in [3.63, 3.8) is 0 Å². The number of rotatable bonds is 9. The molecule has 0 aromatic carbocycles. The van der Waals surface area contributed by atoms with Gasteiger partial charge in [0.2, 0.25) is 0 Å². The normalized spacial score (nSPS) is 19.3. The number of hydrogen-bond acceptors (Lipinski definition) is 8. The van der Waals surface area contributed by atoms with Gasteiger partial charge in [0.1, 0.15) is 11.9 Å². The fraction of sp³-hybridized carbons (Fsp3) is 0.400. The maximum absolute atomic E-state index is 9.60. The second-order valence-corrected chi connectivity index (χ2v) is 11.6. The Kier molecular flexibility index (Phi) is 7.96. The van der Waals surface area contributed by atoms with Crippen molar-refractivity contribution in [2.24, 2.45) is 11.7 Å². The van der Waals surface area contributed by atoms with Crippen LogP contribution in [-0.4, -0.2) is 50.8 Å². The number of anilines is 1. The molecule has 196 valence electrons. The molecule has 0 saturated carbocycles. The van der Waals surface area contributed by atoms with Crippen molar-refractivity contribution < 1.29 is 0 Å². The van der Waals surface area contributed by atoms with E-state index in [1.54, 1.807) is 11.8 Å². The van der Waals surface area contributed by atoms with E-state index in [-0.39, 0.29) is 0 Å². The Bertz CT molecular complexity index is 1320. The molecule has 3 aliphatic heterocycles. The zero-order chi connectivity index (χ0) is 26.6. The lowest BCUT2D eigenvalue weighted by Crippen LogP contribution is -2.68. The van der Waals surface area contributed by atoms with Gasteiger partial charge in [0.25, 0.3) is 0 Å². The number of fused-ring (bicyclic) bond motifs is 2. The minimum Gasteiger partial charge on any atom is -0.403 e. The van der Waals surface area contributed by atoms with E-state index in [0.29, 0.717) is 29.3 Å². The summed E-state index contributed by atoms with van der Waals surface area (Å²) in [5.74, 6) is 2.57. The van der Waals surface area contributed by atoms with Crippen LogP contribution in [0.5, 0.6) is 0 Å². The number of pyridine rings is 3. The van der Waals surface area contributed by atoms with Crippen molar-refractivity contribution in [1.29, 1.82) is 5.26 Å². The molecule has 3 saturated heterocycles. The average molecular weight is 526 g/mol. The number of piperidine rings is 1. The summed E-state index contributed by atoms with van der Waals surface area (Å²) in [5, 5.41) is 9.60. The van der Waals surface area contributed by atoms with Crippen molar-refractivity contribution in [3.05, 3.63) is 72.1 Å². The van der Waals surface area contributed by atoms with E-state index >= 15 is 0 Å². The van der Waals surface area contributed by atoms with Gasteiger partial charge in [0, 0.05) is 84.0 Å². The van der Waals surface area contributed by atoms with Crippen LogP contribution in [0.1, 0.15) is 44.1 Å². The molecule has 2 atom stereocenters. The van der Waals surface area contributed by atoms with Crippen molar-refractivity contribution in [2.45, 2.75) is 57.1 Å². The van der Waals surface area contributed by atoms with Crippen LogP contribution in [0.3, 0.4) is 0 Å². The van der Waals surface area contributed by atoms with E-state index in [0.717, 1.165) is 59.3 Å². The number of nitrogens with two attached hydrogens (primary N) is 1. The lowest BCUT2D eigenvalue weighted by atomic mass is 9.87. The Labute approximate surface area is 229 Å². The Morgan fingerprint density at radius 3 is 2.55 bits per heavy atom.